The molecule has 0 aliphatic carbocycles. The van der Waals surface area contributed by atoms with Gasteiger partial charge in [0, 0.05) is 18.8 Å². The van der Waals surface area contributed by atoms with Crippen LogP contribution in [-0.4, -0.2) is 51.7 Å². The van der Waals surface area contributed by atoms with Crippen molar-refractivity contribution in [3.05, 3.63) is 35.6 Å². The summed E-state index contributed by atoms with van der Waals surface area (Å²) in [7, 11) is 0. The molecule has 1 atom stereocenters. The Hall–Kier alpha value is -1.22. The lowest BCUT2D eigenvalue weighted by Crippen LogP contribution is -2.33. The first kappa shape index (κ1) is 19.1. The molecule has 0 fully saturated rings. The third-order valence-electron chi connectivity index (χ3n) is 3.53. The Kier molecular flexibility index (Phi) is 7.90. The first-order valence-corrected chi connectivity index (χ1v) is 9.76. The second-order valence-electron chi connectivity index (χ2n) is 5.30. The maximum atomic E-state index is 12.9. The van der Waals surface area contributed by atoms with Crippen LogP contribution in [0.1, 0.15) is 19.4 Å². The summed E-state index contributed by atoms with van der Waals surface area (Å²) >= 11 is 2.97. The highest BCUT2D eigenvalue weighted by Gasteiger charge is 2.12. The van der Waals surface area contributed by atoms with Crippen LogP contribution in [0.5, 0.6) is 0 Å². The Morgan fingerprint density at radius 1 is 1.25 bits per heavy atom. The summed E-state index contributed by atoms with van der Waals surface area (Å²) in [5.41, 5.74) is 0.982. The lowest BCUT2D eigenvalue weighted by atomic mass is 10.2. The highest BCUT2D eigenvalue weighted by molar-refractivity contribution is 8.01. The van der Waals surface area contributed by atoms with Crippen LogP contribution in [0.2, 0.25) is 0 Å². The molecule has 132 valence electrons. The number of anilines is 1. The van der Waals surface area contributed by atoms with E-state index in [9.17, 15) is 9.50 Å². The van der Waals surface area contributed by atoms with Crippen LogP contribution < -0.4 is 5.32 Å². The molecule has 0 amide bonds. The third-order valence-corrected chi connectivity index (χ3v) is 5.69. The van der Waals surface area contributed by atoms with Gasteiger partial charge < -0.3 is 15.3 Å². The van der Waals surface area contributed by atoms with Crippen LogP contribution in [0.3, 0.4) is 0 Å². The highest BCUT2D eigenvalue weighted by Crippen LogP contribution is 2.26. The van der Waals surface area contributed by atoms with E-state index < -0.39 is 0 Å². The van der Waals surface area contributed by atoms with Gasteiger partial charge in [-0.1, -0.05) is 49.1 Å². The van der Waals surface area contributed by atoms with E-state index in [0.29, 0.717) is 18.8 Å². The number of benzene rings is 1. The molecule has 2 N–H and O–H groups in total. The largest absolute Gasteiger partial charge is 0.391 e. The van der Waals surface area contributed by atoms with E-state index in [-0.39, 0.29) is 11.9 Å². The zero-order chi connectivity index (χ0) is 17.4. The minimum Gasteiger partial charge on any atom is -0.391 e. The van der Waals surface area contributed by atoms with Crippen molar-refractivity contribution in [2.24, 2.45) is 0 Å². The number of hydrogen-bond acceptors (Lipinski definition) is 7. The molecule has 8 heteroatoms. The van der Waals surface area contributed by atoms with E-state index in [2.05, 4.69) is 34.3 Å². The SMILES string of the molecule is CCN(CC)C[C@@H](O)CSc1nnc(NCc2ccc(F)cc2)s1. The molecule has 0 bridgehead atoms. The number of aliphatic hydroxyl groups excluding tert-OH is 1. The normalized spacial score (nSPS) is 12.5. The van der Waals surface area contributed by atoms with E-state index in [1.165, 1.54) is 35.2 Å². The van der Waals surface area contributed by atoms with Gasteiger partial charge >= 0.3 is 0 Å². The third kappa shape index (κ3) is 6.35. The van der Waals surface area contributed by atoms with Crippen molar-refractivity contribution in [2.45, 2.75) is 30.8 Å². The molecule has 2 aromatic rings. The van der Waals surface area contributed by atoms with E-state index >= 15 is 0 Å². The Morgan fingerprint density at radius 3 is 2.62 bits per heavy atom. The predicted octanol–water partition coefficient (Wildman–Crippen LogP) is 3.08. The van der Waals surface area contributed by atoms with Crippen LogP contribution in [-0.2, 0) is 6.54 Å². The summed E-state index contributed by atoms with van der Waals surface area (Å²) in [6.07, 6.45) is -0.380. The molecular weight excluding hydrogens is 347 g/mol. The molecule has 1 heterocycles. The van der Waals surface area contributed by atoms with Gasteiger partial charge in [0.25, 0.3) is 0 Å². The first-order valence-electron chi connectivity index (χ1n) is 7.95. The van der Waals surface area contributed by atoms with Crippen molar-refractivity contribution in [1.29, 1.82) is 0 Å². The number of thioether (sulfide) groups is 1. The van der Waals surface area contributed by atoms with Crippen LogP contribution in [0.25, 0.3) is 0 Å². The zero-order valence-electron chi connectivity index (χ0n) is 13.9. The van der Waals surface area contributed by atoms with Crippen LogP contribution in [0, 0.1) is 5.82 Å². The number of nitrogens with zero attached hydrogens (tertiary/aromatic N) is 3. The molecule has 5 nitrogen and oxygen atoms in total. The predicted molar refractivity (Wildman–Crippen MR) is 98.2 cm³/mol. The summed E-state index contributed by atoms with van der Waals surface area (Å²) in [6, 6.07) is 6.36. The molecule has 1 aromatic carbocycles. The summed E-state index contributed by atoms with van der Waals surface area (Å²) in [4.78, 5) is 2.20. The summed E-state index contributed by atoms with van der Waals surface area (Å²) in [5.74, 6) is 0.361. The molecule has 0 aliphatic heterocycles. The Labute approximate surface area is 150 Å². The van der Waals surface area contributed by atoms with Crippen molar-refractivity contribution in [3.63, 3.8) is 0 Å². The van der Waals surface area contributed by atoms with E-state index in [1.807, 2.05) is 0 Å². The number of aromatic nitrogens is 2. The monoisotopic (exact) mass is 370 g/mol. The molecule has 0 radical (unpaired) electrons. The lowest BCUT2D eigenvalue weighted by molar-refractivity contribution is 0.137. The van der Waals surface area contributed by atoms with Crippen LogP contribution >= 0.6 is 23.1 Å². The van der Waals surface area contributed by atoms with Crippen molar-refractivity contribution in [3.8, 4) is 0 Å². The molecule has 0 saturated carbocycles. The number of hydrogen-bond donors (Lipinski definition) is 2. The smallest absolute Gasteiger partial charge is 0.206 e. The molecule has 0 unspecified atom stereocenters. The minimum absolute atomic E-state index is 0.239. The molecule has 1 aromatic heterocycles. The maximum Gasteiger partial charge on any atom is 0.206 e. The van der Waals surface area contributed by atoms with Crippen LogP contribution in [0.15, 0.2) is 28.6 Å². The summed E-state index contributed by atoms with van der Waals surface area (Å²) in [6.45, 7) is 7.31. The molecule has 2 rings (SSSR count). The van der Waals surface area contributed by atoms with Gasteiger partial charge in [-0.2, -0.15) is 0 Å². The summed E-state index contributed by atoms with van der Waals surface area (Å²) < 4.78 is 13.7. The molecule has 24 heavy (non-hydrogen) atoms. The van der Waals surface area contributed by atoms with Gasteiger partial charge in [0.15, 0.2) is 4.34 Å². The molecule has 0 spiro atoms. The number of halogens is 1. The Balaban J connectivity index is 1.75. The molecular formula is C16H23FN4OS2. The number of aliphatic hydroxyl groups is 1. The zero-order valence-corrected chi connectivity index (χ0v) is 15.5. The fraction of sp³-hybridized carbons (Fsp3) is 0.500. The van der Waals surface area contributed by atoms with Gasteiger partial charge in [0.05, 0.1) is 6.10 Å². The van der Waals surface area contributed by atoms with Gasteiger partial charge in [0.1, 0.15) is 5.82 Å². The maximum absolute atomic E-state index is 12.9. The van der Waals surface area contributed by atoms with E-state index in [0.717, 1.165) is 28.1 Å². The van der Waals surface area contributed by atoms with Crippen LogP contribution in [0.4, 0.5) is 9.52 Å². The molecule has 0 aliphatic rings. The topological polar surface area (TPSA) is 61.3 Å². The van der Waals surface area contributed by atoms with Crippen molar-refractivity contribution in [1.82, 2.24) is 15.1 Å². The van der Waals surface area contributed by atoms with Gasteiger partial charge in [-0.25, -0.2) is 4.39 Å². The van der Waals surface area contributed by atoms with E-state index in [1.54, 1.807) is 12.1 Å². The number of rotatable bonds is 10. The summed E-state index contributed by atoms with van der Waals surface area (Å²) in [5, 5.41) is 22.2. The standard InChI is InChI=1S/C16H23FN4OS2/c1-3-21(4-2)10-14(22)11-23-16-20-19-15(24-16)18-9-12-5-7-13(17)8-6-12/h5-8,14,22H,3-4,9-11H2,1-2H3,(H,18,19)/t14-/m1/s1. The highest BCUT2D eigenvalue weighted by atomic mass is 32.2. The average Bonchev–Trinajstić information content (AvgIpc) is 3.05. The fourth-order valence-corrected chi connectivity index (χ4v) is 3.81. The fourth-order valence-electron chi connectivity index (χ4n) is 2.12. The second kappa shape index (κ2) is 9.93. The number of likely N-dealkylation sites (N-methyl/N-ethyl adjacent to an activating group) is 1. The lowest BCUT2D eigenvalue weighted by Gasteiger charge is -2.21. The van der Waals surface area contributed by atoms with Crippen molar-refractivity contribution < 1.29 is 9.50 Å². The average molecular weight is 371 g/mol. The van der Waals surface area contributed by atoms with E-state index in [4.69, 9.17) is 0 Å². The van der Waals surface area contributed by atoms with Crippen molar-refractivity contribution in [2.75, 3.05) is 30.7 Å². The minimum atomic E-state index is -0.380. The Morgan fingerprint density at radius 2 is 1.96 bits per heavy atom. The van der Waals surface area contributed by atoms with Gasteiger partial charge in [-0.05, 0) is 30.8 Å². The molecule has 0 saturated heterocycles. The number of nitrogens with one attached hydrogen (secondary N) is 1. The van der Waals surface area contributed by atoms with Gasteiger partial charge in [0.2, 0.25) is 5.13 Å². The quantitative estimate of drug-likeness (QED) is 0.627. The van der Waals surface area contributed by atoms with Crippen molar-refractivity contribution >= 4 is 28.2 Å². The first-order chi connectivity index (χ1) is 11.6. The van der Waals surface area contributed by atoms with Gasteiger partial charge in [-0.3, -0.25) is 0 Å². The Bertz CT molecular complexity index is 604. The van der Waals surface area contributed by atoms with Gasteiger partial charge in [-0.15, -0.1) is 10.2 Å². The second-order valence-corrected chi connectivity index (χ2v) is 7.55.